The van der Waals surface area contributed by atoms with Gasteiger partial charge in [0.05, 0.1) is 0 Å². The molecule has 2 heteroatoms. The predicted octanol–water partition coefficient (Wildman–Crippen LogP) is 3.40. The van der Waals surface area contributed by atoms with Crippen LogP contribution in [-0.2, 0) is 10.8 Å². The smallest absolute Gasteiger partial charge is 0.0498 e. The number of benzene rings is 2. The molecule has 2 rings (SSSR count). The fourth-order valence-corrected chi connectivity index (χ4v) is 2.24. The number of hydrogen-bond acceptors (Lipinski definition) is 1. The lowest BCUT2D eigenvalue weighted by molar-refractivity contribution is 0.687. The molecule has 0 N–H and O–H groups in total. The normalized spacial score (nSPS) is 12.4. The van der Waals surface area contributed by atoms with E-state index in [0.717, 1.165) is 4.90 Å². The first kappa shape index (κ1) is 11.1. The summed E-state index contributed by atoms with van der Waals surface area (Å²) in [5, 5.41) is 0. The Hall–Kier alpha value is -1.41. The van der Waals surface area contributed by atoms with Crippen LogP contribution in [0.15, 0.2) is 53.4 Å². The standard InChI is InChI=1S/C14H14OS/c1-11-5-3-4-6-14(11)12-7-9-13(10-8-12)16(2)15/h3-10H,1-2H3. The molecule has 2 aromatic carbocycles. The van der Waals surface area contributed by atoms with Gasteiger partial charge in [-0.1, -0.05) is 36.4 Å². The van der Waals surface area contributed by atoms with E-state index in [9.17, 15) is 4.21 Å². The van der Waals surface area contributed by atoms with Crippen LogP contribution >= 0.6 is 0 Å². The van der Waals surface area contributed by atoms with Gasteiger partial charge in [0.2, 0.25) is 0 Å². The van der Waals surface area contributed by atoms with E-state index in [1.54, 1.807) is 6.26 Å². The molecular formula is C14H14OS. The van der Waals surface area contributed by atoms with Crippen molar-refractivity contribution in [2.75, 3.05) is 6.26 Å². The molecule has 0 saturated heterocycles. The summed E-state index contributed by atoms with van der Waals surface area (Å²) in [6.45, 7) is 2.10. The van der Waals surface area contributed by atoms with Gasteiger partial charge in [-0.05, 0) is 35.7 Å². The zero-order chi connectivity index (χ0) is 11.5. The van der Waals surface area contributed by atoms with Crippen molar-refractivity contribution < 1.29 is 4.21 Å². The van der Waals surface area contributed by atoms with Crippen LogP contribution in [0.2, 0.25) is 0 Å². The summed E-state index contributed by atoms with van der Waals surface area (Å²) in [7, 11) is -0.899. The van der Waals surface area contributed by atoms with E-state index in [-0.39, 0.29) is 0 Å². The highest BCUT2D eigenvalue weighted by molar-refractivity contribution is 7.84. The molecule has 0 aliphatic carbocycles. The summed E-state index contributed by atoms with van der Waals surface area (Å²) in [6.07, 6.45) is 1.70. The fourth-order valence-electron chi connectivity index (χ4n) is 1.72. The van der Waals surface area contributed by atoms with E-state index in [4.69, 9.17) is 0 Å². The van der Waals surface area contributed by atoms with Crippen molar-refractivity contribution in [1.82, 2.24) is 0 Å². The minimum Gasteiger partial charge on any atom is -0.255 e. The van der Waals surface area contributed by atoms with Gasteiger partial charge in [-0.15, -0.1) is 0 Å². The SMILES string of the molecule is Cc1ccccc1-c1ccc(S(C)=O)cc1. The second-order valence-corrected chi connectivity index (χ2v) is 5.17. The van der Waals surface area contributed by atoms with E-state index in [1.165, 1.54) is 16.7 Å². The van der Waals surface area contributed by atoms with Gasteiger partial charge in [-0.3, -0.25) is 4.21 Å². The van der Waals surface area contributed by atoms with Crippen molar-refractivity contribution in [2.45, 2.75) is 11.8 Å². The average molecular weight is 230 g/mol. The van der Waals surface area contributed by atoms with Crippen molar-refractivity contribution in [1.29, 1.82) is 0 Å². The third kappa shape index (κ3) is 2.22. The van der Waals surface area contributed by atoms with Crippen LogP contribution < -0.4 is 0 Å². The van der Waals surface area contributed by atoms with Gasteiger partial charge in [-0.2, -0.15) is 0 Å². The van der Waals surface area contributed by atoms with Crippen molar-refractivity contribution >= 4 is 10.8 Å². The van der Waals surface area contributed by atoms with E-state index >= 15 is 0 Å². The van der Waals surface area contributed by atoms with E-state index in [2.05, 4.69) is 19.1 Å². The second kappa shape index (κ2) is 4.62. The lowest BCUT2D eigenvalue weighted by Gasteiger charge is -2.06. The van der Waals surface area contributed by atoms with Gasteiger partial charge < -0.3 is 0 Å². The zero-order valence-corrected chi connectivity index (χ0v) is 10.3. The Morgan fingerprint density at radius 3 is 2.12 bits per heavy atom. The zero-order valence-electron chi connectivity index (χ0n) is 9.44. The van der Waals surface area contributed by atoms with Crippen molar-refractivity contribution in [3.8, 4) is 11.1 Å². The Morgan fingerprint density at radius 1 is 0.938 bits per heavy atom. The molecular weight excluding hydrogens is 216 g/mol. The Bertz CT molecular complexity index is 515. The molecule has 0 aromatic heterocycles. The molecule has 82 valence electrons. The summed E-state index contributed by atoms with van der Waals surface area (Å²) in [5.41, 5.74) is 3.66. The molecule has 0 heterocycles. The molecule has 1 nitrogen and oxygen atoms in total. The van der Waals surface area contributed by atoms with E-state index in [0.29, 0.717) is 0 Å². The maximum Gasteiger partial charge on any atom is 0.0498 e. The van der Waals surface area contributed by atoms with E-state index < -0.39 is 10.8 Å². The summed E-state index contributed by atoms with van der Waals surface area (Å²) >= 11 is 0. The monoisotopic (exact) mass is 230 g/mol. The molecule has 1 unspecified atom stereocenters. The average Bonchev–Trinajstić information content (AvgIpc) is 2.30. The molecule has 0 amide bonds. The van der Waals surface area contributed by atoms with E-state index in [1.807, 2.05) is 36.4 Å². The highest BCUT2D eigenvalue weighted by Crippen LogP contribution is 2.23. The maximum absolute atomic E-state index is 11.3. The van der Waals surface area contributed by atoms with Gasteiger partial charge in [0, 0.05) is 22.0 Å². The maximum atomic E-state index is 11.3. The Labute approximate surface area is 98.6 Å². The molecule has 0 aliphatic heterocycles. The molecule has 2 aromatic rings. The summed E-state index contributed by atoms with van der Waals surface area (Å²) in [4.78, 5) is 0.873. The number of rotatable bonds is 2. The molecule has 0 saturated carbocycles. The van der Waals surface area contributed by atoms with Crippen LogP contribution in [-0.4, -0.2) is 10.5 Å². The third-order valence-electron chi connectivity index (χ3n) is 2.64. The quantitative estimate of drug-likeness (QED) is 0.772. The first-order valence-electron chi connectivity index (χ1n) is 5.18. The van der Waals surface area contributed by atoms with Crippen LogP contribution in [0.1, 0.15) is 5.56 Å². The van der Waals surface area contributed by atoms with Gasteiger partial charge in [0.1, 0.15) is 0 Å². The molecule has 1 atom stereocenters. The lowest BCUT2D eigenvalue weighted by Crippen LogP contribution is -1.87. The van der Waals surface area contributed by atoms with Crippen LogP contribution in [0, 0.1) is 6.92 Å². The van der Waals surface area contributed by atoms with Gasteiger partial charge in [0.15, 0.2) is 0 Å². The Balaban J connectivity index is 2.43. The van der Waals surface area contributed by atoms with Crippen molar-refractivity contribution in [3.05, 3.63) is 54.1 Å². The predicted molar refractivity (Wildman–Crippen MR) is 68.9 cm³/mol. The first-order valence-corrected chi connectivity index (χ1v) is 6.74. The Kier molecular flexibility index (Phi) is 3.20. The molecule has 0 spiro atoms. The first-order chi connectivity index (χ1) is 7.68. The molecule has 0 bridgehead atoms. The summed E-state index contributed by atoms with van der Waals surface area (Å²) < 4.78 is 11.3. The highest BCUT2D eigenvalue weighted by Gasteiger charge is 2.02. The molecule has 0 fully saturated rings. The summed E-state index contributed by atoms with van der Waals surface area (Å²) in [6, 6.07) is 16.2. The van der Waals surface area contributed by atoms with Crippen molar-refractivity contribution in [2.24, 2.45) is 0 Å². The highest BCUT2D eigenvalue weighted by atomic mass is 32.2. The minimum atomic E-state index is -0.899. The minimum absolute atomic E-state index is 0.873. The van der Waals surface area contributed by atoms with Gasteiger partial charge in [-0.25, -0.2) is 0 Å². The van der Waals surface area contributed by atoms with Crippen LogP contribution in [0.5, 0.6) is 0 Å². The fraction of sp³-hybridized carbons (Fsp3) is 0.143. The molecule has 0 aliphatic rings. The van der Waals surface area contributed by atoms with Crippen molar-refractivity contribution in [3.63, 3.8) is 0 Å². The molecule has 0 radical (unpaired) electrons. The second-order valence-electron chi connectivity index (χ2n) is 3.79. The summed E-state index contributed by atoms with van der Waals surface area (Å²) in [5.74, 6) is 0. The third-order valence-corrected chi connectivity index (χ3v) is 3.58. The lowest BCUT2D eigenvalue weighted by atomic mass is 10.0. The number of hydrogen-bond donors (Lipinski definition) is 0. The van der Waals surface area contributed by atoms with Crippen LogP contribution in [0.4, 0.5) is 0 Å². The van der Waals surface area contributed by atoms with Gasteiger partial charge >= 0.3 is 0 Å². The number of aryl methyl sites for hydroxylation is 1. The largest absolute Gasteiger partial charge is 0.255 e. The Morgan fingerprint density at radius 2 is 1.56 bits per heavy atom. The van der Waals surface area contributed by atoms with Crippen LogP contribution in [0.3, 0.4) is 0 Å². The van der Waals surface area contributed by atoms with Gasteiger partial charge in [0.25, 0.3) is 0 Å². The van der Waals surface area contributed by atoms with Crippen LogP contribution in [0.25, 0.3) is 11.1 Å². The topological polar surface area (TPSA) is 17.1 Å². The molecule has 16 heavy (non-hydrogen) atoms.